The Balaban J connectivity index is 1.59. The van der Waals surface area contributed by atoms with Crippen LogP contribution < -0.4 is 15.4 Å². The number of benzene rings is 1. The van der Waals surface area contributed by atoms with E-state index in [-0.39, 0.29) is 6.04 Å². The van der Waals surface area contributed by atoms with Crippen LogP contribution in [0.1, 0.15) is 18.7 Å². The summed E-state index contributed by atoms with van der Waals surface area (Å²) in [5, 5.41) is 7.16. The van der Waals surface area contributed by atoms with E-state index in [1.54, 1.807) is 0 Å². The van der Waals surface area contributed by atoms with Gasteiger partial charge in [-0.15, -0.1) is 5.10 Å². The first kappa shape index (κ1) is 12.9. The van der Waals surface area contributed by atoms with Crippen LogP contribution in [0.25, 0.3) is 0 Å². The van der Waals surface area contributed by atoms with E-state index in [9.17, 15) is 0 Å². The Labute approximate surface area is 118 Å². The molecule has 0 saturated carbocycles. The minimum Gasteiger partial charge on any atom is -0.486 e. The van der Waals surface area contributed by atoms with Crippen LogP contribution in [0.2, 0.25) is 0 Å². The van der Waals surface area contributed by atoms with Gasteiger partial charge >= 0.3 is 0 Å². The van der Waals surface area contributed by atoms with Gasteiger partial charge in [0.15, 0.2) is 5.82 Å². The molecule has 1 unspecified atom stereocenters. The van der Waals surface area contributed by atoms with Crippen molar-refractivity contribution in [2.24, 2.45) is 5.73 Å². The summed E-state index contributed by atoms with van der Waals surface area (Å²) in [5.74, 6) is 2.26. The summed E-state index contributed by atoms with van der Waals surface area (Å²) < 4.78 is 5.64. The van der Waals surface area contributed by atoms with Crippen molar-refractivity contribution in [3.05, 3.63) is 36.2 Å². The van der Waals surface area contributed by atoms with E-state index in [1.807, 2.05) is 30.3 Å². The van der Waals surface area contributed by atoms with Gasteiger partial charge in [-0.2, -0.15) is 4.98 Å². The lowest BCUT2D eigenvalue weighted by Gasteiger charge is -2.29. The molecule has 0 amide bonds. The van der Waals surface area contributed by atoms with Crippen molar-refractivity contribution >= 4 is 5.95 Å². The Bertz CT molecular complexity index is 542. The summed E-state index contributed by atoms with van der Waals surface area (Å²) in [6, 6.07) is 9.89. The monoisotopic (exact) mass is 273 g/mol. The Hall–Kier alpha value is -2.08. The number of rotatable bonds is 4. The fourth-order valence-corrected chi connectivity index (χ4v) is 2.35. The number of nitrogens with one attached hydrogen (secondary N) is 1. The smallest absolute Gasteiger partial charge is 0.244 e. The van der Waals surface area contributed by atoms with E-state index < -0.39 is 0 Å². The van der Waals surface area contributed by atoms with Gasteiger partial charge in [-0.1, -0.05) is 18.2 Å². The molecule has 3 rings (SSSR count). The van der Waals surface area contributed by atoms with Gasteiger partial charge in [-0.05, 0) is 25.0 Å². The molecule has 3 N–H and O–H groups in total. The summed E-state index contributed by atoms with van der Waals surface area (Å²) in [6.07, 6.45) is 2.16. The van der Waals surface area contributed by atoms with E-state index in [4.69, 9.17) is 10.5 Å². The quantitative estimate of drug-likeness (QED) is 0.878. The molecule has 20 heavy (non-hydrogen) atoms. The minimum absolute atomic E-state index is 0.214. The molecule has 6 heteroatoms. The van der Waals surface area contributed by atoms with Gasteiger partial charge in [-0.25, -0.2) is 0 Å². The largest absolute Gasteiger partial charge is 0.486 e. The SMILES string of the molecule is NC1CCCN(c2n[nH]c(COc3ccccc3)n2)C1. The number of nitrogens with zero attached hydrogens (tertiary/aromatic N) is 3. The third-order valence-corrected chi connectivity index (χ3v) is 3.38. The normalized spacial score (nSPS) is 19.1. The summed E-state index contributed by atoms with van der Waals surface area (Å²) in [7, 11) is 0. The molecule has 2 heterocycles. The van der Waals surface area contributed by atoms with Crippen molar-refractivity contribution in [2.75, 3.05) is 18.0 Å². The molecular weight excluding hydrogens is 254 g/mol. The first-order valence-electron chi connectivity index (χ1n) is 6.91. The van der Waals surface area contributed by atoms with Crippen molar-refractivity contribution < 1.29 is 4.74 Å². The molecule has 106 valence electrons. The Morgan fingerprint density at radius 2 is 2.20 bits per heavy atom. The molecule has 1 saturated heterocycles. The average molecular weight is 273 g/mol. The van der Waals surface area contributed by atoms with E-state index in [0.717, 1.165) is 37.5 Å². The second kappa shape index (κ2) is 5.92. The number of anilines is 1. The Morgan fingerprint density at radius 3 is 3.00 bits per heavy atom. The fourth-order valence-electron chi connectivity index (χ4n) is 2.35. The second-order valence-corrected chi connectivity index (χ2v) is 5.03. The molecule has 6 nitrogen and oxygen atoms in total. The molecule has 1 atom stereocenters. The number of aromatic amines is 1. The van der Waals surface area contributed by atoms with Crippen LogP contribution in [-0.2, 0) is 6.61 Å². The van der Waals surface area contributed by atoms with Gasteiger partial charge < -0.3 is 15.4 Å². The molecular formula is C14H19N5O. The van der Waals surface area contributed by atoms with Crippen LogP contribution in [0.5, 0.6) is 5.75 Å². The van der Waals surface area contributed by atoms with E-state index >= 15 is 0 Å². The summed E-state index contributed by atoms with van der Waals surface area (Å²) in [4.78, 5) is 6.58. The predicted octanol–water partition coefficient (Wildman–Crippen LogP) is 1.31. The molecule has 1 aromatic carbocycles. The Kier molecular flexibility index (Phi) is 3.83. The number of nitrogens with two attached hydrogens (primary N) is 1. The maximum atomic E-state index is 5.97. The van der Waals surface area contributed by atoms with Crippen molar-refractivity contribution in [2.45, 2.75) is 25.5 Å². The number of para-hydroxylation sites is 1. The molecule has 0 bridgehead atoms. The fraction of sp³-hybridized carbons (Fsp3) is 0.429. The lowest BCUT2D eigenvalue weighted by molar-refractivity contribution is 0.296. The molecule has 1 aliphatic rings. The van der Waals surface area contributed by atoms with Gasteiger partial charge in [0.05, 0.1) is 0 Å². The van der Waals surface area contributed by atoms with Crippen LogP contribution in [-0.4, -0.2) is 34.3 Å². The van der Waals surface area contributed by atoms with Gasteiger partial charge in [0.25, 0.3) is 0 Å². The second-order valence-electron chi connectivity index (χ2n) is 5.03. The zero-order chi connectivity index (χ0) is 13.8. The third-order valence-electron chi connectivity index (χ3n) is 3.38. The zero-order valence-electron chi connectivity index (χ0n) is 11.3. The number of H-pyrrole nitrogens is 1. The molecule has 1 fully saturated rings. The van der Waals surface area contributed by atoms with Crippen LogP contribution in [0.3, 0.4) is 0 Å². The van der Waals surface area contributed by atoms with Gasteiger partial charge in [0.1, 0.15) is 12.4 Å². The molecule has 1 aromatic heterocycles. The average Bonchev–Trinajstić information content (AvgIpc) is 2.95. The number of aromatic nitrogens is 3. The first-order chi connectivity index (χ1) is 9.81. The van der Waals surface area contributed by atoms with Crippen molar-refractivity contribution in [1.82, 2.24) is 15.2 Å². The van der Waals surface area contributed by atoms with Crippen molar-refractivity contribution in [1.29, 1.82) is 0 Å². The molecule has 1 aliphatic heterocycles. The standard InChI is InChI=1S/C14H19N5O/c15-11-5-4-8-19(9-11)14-16-13(17-18-14)10-20-12-6-2-1-3-7-12/h1-3,6-7,11H,4-5,8-10,15H2,(H,16,17,18). The summed E-state index contributed by atoms with van der Waals surface area (Å²) in [5.41, 5.74) is 5.97. The van der Waals surface area contributed by atoms with Gasteiger partial charge in [0.2, 0.25) is 5.95 Å². The lowest BCUT2D eigenvalue weighted by Crippen LogP contribution is -2.43. The topological polar surface area (TPSA) is 80.1 Å². The highest BCUT2D eigenvalue weighted by atomic mass is 16.5. The van der Waals surface area contributed by atoms with E-state index in [2.05, 4.69) is 20.1 Å². The number of piperidine rings is 1. The Morgan fingerprint density at radius 1 is 1.35 bits per heavy atom. The summed E-state index contributed by atoms with van der Waals surface area (Å²) >= 11 is 0. The molecule has 2 aromatic rings. The highest BCUT2D eigenvalue weighted by Gasteiger charge is 2.20. The van der Waals surface area contributed by atoms with Crippen molar-refractivity contribution in [3.8, 4) is 5.75 Å². The number of hydrogen-bond donors (Lipinski definition) is 2. The van der Waals surface area contributed by atoms with Gasteiger partial charge in [0, 0.05) is 19.1 Å². The first-order valence-corrected chi connectivity index (χ1v) is 6.91. The maximum absolute atomic E-state index is 5.97. The highest BCUT2D eigenvalue weighted by molar-refractivity contribution is 5.30. The van der Waals surface area contributed by atoms with Crippen LogP contribution in [0.15, 0.2) is 30.3 Å². The van der Waals surface area contributed by atoms with Crippen LogP contribution >= 0.6 is 0 Å². The van der Waals surface area contributed by atoms with Crippen molar-refractivity contribution in [3.63, 3.8) is 0 Å². The predicted molar refractivity (Wildman–Crippen MR) is 76.6 cm³/mol. The number of hydrogen-bond acceptors (Lipinski definition) is 5. The highest BCUT2D eigenvalue weighted by Crippen LogP contribution is 2.15. The molecule has 0 radical (unpaired) electrons. The molecule has 0 spiro atoms. The minimum atomic E-state index is 0.214. The van der Waals surface area contributed by atoms with E-state index in [0.29, 0.717) is 12.6 Å². The lowest BCUT2D eigenvalue weighted by atomic mass is 10.1. The van der Waals surface area contributed by atoms with Crippen LogP contribution in [0, 0.1) is 0 Å². The van der Waals surface area contributed by atoms with Gasteiger partial charge in [-0.3, -0.25) is 5.10 Å². The maximum Gasteiger partial charge on any atom is 0.244 e. The zero-order valence-corrected chi connectivity index (χ0v) is 11.3. The molecule has 0 aliphatic carbocycles. The van der Waals surface area contributed by atoms with E-state index in [1.165, 1.54) is 0 Å². The third kappa shape index (κ3) is 3.08. The number of ether oxygens (including phenoxy) is 1. The summed E-state index contributed by atoms with van der Waals surface area (Å²) in [6.45, 7) is 2.16. The van der Waals surface area contributed by atoms with Crippen LogP contribution in [0.4, 0.5) is 5.95 Å².